The number of methoxy groups -OCH3 is 6. The van der Waals surface area contributed by atoms with E-state index in [-0.39, 0.29) is 174 Å². The number of ether oxygens (including phenoxy) is 6. The first-order chi connectivity index (χ1) is 52.6. The van der Waals surface area contributed by atoms with Gasteiger partial charge in [0.05, 0.1) is 111 Å². The van der Waals surface area contributed by atoms with Crippen LogP contribution in [-0.2, 0) is 38.5 Å². The van der Waals surface area contributed by atoms with Gasteiger partial charge in [-0.3, -0.25) is 0 Å². The molecule has 1 aliphatic rings. The van der Waals surface area contributed by atoms with Gasteiger partial charge in [0.2, 0.25) is 0 Å². The second-order valence-electron chi connectivity index (χ2n) is 25.1. The van der Waals surface area contributed by atoms with Crippen LogP contribution < -0.4 is 28.4 Å². The molecule has 12 aromatic rings. The third kappa shape index (κ3) is 17.5. The van der Waals surface area contributed by atoms with Crippen LogP contribution in [0.15, 0.2) is 280 Å². The average Bonchev–Trinajstić information content (AvgIpc) is 0.785. The second kappa shape index (κ2) is 33.1. The lowest BCUT2D eigenvalue weighted by atomic mass is 9.90. The molecule has 0 heterocycles. The van der Waals surface area contributed by atoms with E-state index in [1.54, 1.807) is 261 Å². The van der Waals surface area contributed by atoms with Crippen molar-refractivity contribution in [2.45, 2.75) is 38.5 Å². The van der Waals surface area contributed by atoms with Crippen LogP contribution in [0.2, 0.25) is 0 Å². The fourth-order valence-corrected chi connectivity index (χ4v) is 12.4. The predicted molar refractivity (Wildman–Crippen MR) is 408 cm³/mol. The van der Waals surface area contributed by atoms with Crippen LogP contribution in [0.1, 0.15) is 66.8 Å². The fourth-order valence-electron chi connectivity index (χ4n) is 12.4. The van der Waals surface area contributed by atoms with Crippen molar-refractivity contribution in [1.82, 2.24) is 0 Å². The standard InChI is InChI=1S/C84H72N12O12/c1-103-73-19-7-13-61(43-73)85-91-67-31-49-25-51-33-68(92-86-62-14-8-20-74(44-62)104-2)35-53(80(51)98)27-55-37-70(94-88-64-16-10-22-76(46-64)106-4)39-57(82(55)100)29-59-41-72(96-90-66-18-12-24-78(48-66)108-6)42-60(84(59)102)30-58-40-71(95-89-65-17-11-23-77(47-65)107-5)38-56(83(58)101)28-54-36-69(93-87-63-15-9-21-75(45-63)105-3)34-52(81(54)99)26-50(32-67)79(49)97/h7-24,31-48,97-102H,25-30H2,1-6H3. The molecule has 0 atom stereocenters. The summed E-state index contributed by atoms with van der Waals surface area (Å²) in [5, 5.41) is 133. The minimum absolute atomic E-state index is 0.166. The number of phenolic OH excluding ortho intramolecular Hbond substituents is 6. The van der Waals surface area contributed by atoms with Gasteiger partial charge in [-0.2, -0.15) is 61.4 Å². The van der Waals surface area contributed by atoms with Gasteiger partial charge in [-0.05, 0) is 146 Å². The highest BCUT2D eigenvalue weighted by Gasteiger charge is 2.25. The summed E-state index contributed by atoms with van der Waals surface area (Å²) in [6.07, 6.45) is -0.994. The highest BCUT2D eigenvalue weighted by Crippen LogP contribution is 2.46. The highest BCUT2D eigenvalue weighted by molar-refractivity contribution is 5.66. The molecular weight excluding hydrogens is 1370 g/mol. The van der Waals surface area contributed by atoms with Crippen molar-refractivity contribution >= 4 is 68.2 Å². The molecule has 1 aliphatic carbocycles. The summed E-state index contributed by atoms with van der Waals surface area (Å²) in [5.41, 5.74) is 7.65. The van der Waals surface area contributed by atoms with Crippen molar-refractivity contribution < 1.29 is 59.1 Å². The first-order valence-corrected chi connectivity index (χ1v) is 34.0. The molecule has 0 spiro atoms. The van der Waals surface area contributed by atoms with Crippen molar-refractivity contribution in [1.29, 1.82) is 0 Å². The van der Waals surface area contributed by atoms with E-state index >= 15 is 0 Å². The van der Waals surface area contributed by atoms with E-state index < -0.39 is 0 Å². The first kappa shape index (κ1) is 72.2. The molecule has 0 fully saturated rings. The topological polar surface area (TPSA) is 325 Å². The Morgan fingerprint density at radius 2 is 0.296 bits per heavy atom. The number of hydrogen-bond acceptors (Lipinski definition) is 24. The minimum Gasteiger partial charge on any atom is -0.507 e. The maximum Gasteiger partial charge on any atom is 0.122 e. The number of hydrogen-bond donors (Lipinski definition) is 6. The molecule has 0 saturated heterocycles. The van der Waals surface area contributed by atoms with Crippen LogP contribution in [0, 0.1) is 0 Å². The Hall–Kier alpha value is -14.2. The zero-order chi connectivity index (χ0) is 75.2. The summed E-state index contributed by atoms with van der Waals surface area (Å²) >= 11 is 0. The molecule has 0 saturated carbocycles. The minimum atomic E-state index is -0.220. The summed E-state index contributed by atoms with van der Waals surface area (Å²) in [4.78, 5) is 0. The normalized spacial score (nSPS) is 12.5. The van der Waals surface area contributed by atoms with E-state index in [0.717, 1.165) is 0 Å². The number of aromatic hydroxyl groups is 6. The van der Waals surface area contributed by atoms with Crippen molar-refractivity contribution in [2.75, 3.05) is 42.7 Å². The molecule has 0 aliphatic heterocycles. The molecule has 0 unspecified atom stereocenters. The summed E-state index contributed by atoms with van der Waals surface area (Å²) < 4.78 is 33.0. The molecule has 108 heavy (non-hydrogen) atoms. The van der Waals surface area contributed by atoms with E-state index in [0.29, 0.717) is 68.6 Å². The van der Waals surface area contributed by atoms with Gasteiger partial charge >= 0.3 is 0 Å². The predicted octanol–water partition coefficient (Wildman–Crippen LogP) is 22.3. The Balaban J connectivity index is 1.06. The zero-order valence-corrected chi connectivity index (χ0v) is 59.5. The van der Waals surface area contributed by atoms with Gasteiger partial charge in [0, 0.05) is 142 Å². The molecule has 540 valence electrons. The maximum atomic E-state index is 12.9. The summed E-state index contributed by atoms with van der Waals surface area (Å²) in [7, 11) is 9.27. The van der Waals surface area contributed by atoms with Crippen LogP contribution in [-0.4, -0.2) is 73.3 Å². The van der Waals surface area contributed by atoms with Crippen LogP contribution in [0.3, 0.4) is 0 Å². The van der Waals surface area contributed by atoms with E-state index in [9.17, 15) is 30.6 Å². The first-order valence-electron chi connectivity index (χ1n) is 34.0. The molecule has 12 aromatic carbocycles. The van der Waals surface area contributed by atoms with Gasteiger partial charge in [-0.1, -0.05) is 36.4 Å². The number of azo groups is 6. The quantitative estimate of drug-likeness (QED) is 0.0437. The number of phenols is 6. The van der Waals surface area contributed by atoms with Gasteiger partial charge in [0.15, 0.2) is 0 Å². The van der Waals surface area contributed by atoms with Crippen molar-refractivity contribution in [2.24, 2.45) is 61.4 Å². The van der Waals surface area contributed by atoms with E-state index in [1.165, 1.54) is 0 Å². The van der Waals surface area contributed by atoms with Crippen LogP contribution >= 0.6 is 0 Å². The summed E-state index contributed by atoms with van der Waals surface area (Å²) in [5.74, 6) is 1.94. The Labute approximate surface area is 621 Å². The molecule has 24 nitrogen and oxygen atoms in total. The van der Waals surface area contributed by atoms with Gasteiger partial charge in [-0.15, -0.1) is 0 Å². The van der Waals surface area contributed by atoms with E-state index in [2.05, 4.69) is 30.7 Å². The van der Waals surface area contributed by atoms with Crippen LogP contribution in [0.25, 0.3) is 0 Å². The molecule has 0 aromatic heterocycles. The van der Waals surface area contributed by atoms with E-state index in [4.69, 9.17) is 59.1 Å². The van der Waals surface area contributed by atoms with Crippen LogP contribution in [0.4, 0.5) is 68.2 Å². The average molecular weight is 1440 g/mol. The summed E-state index contributed by atoms with van der Waals surface area (Å²) in [6.45, 7) is 0. The lowest BCUT2D eigenvalue weighted by molar-refractivity contribution is 0.415. The Morgan fingerprint density at radius 3 is 0.417 bits per heavy atom. The SMILES string of the molecule is COc1cccc(N=Nc2cc3c(O)c(c2)Cc2cc(N=Nc4cccc(OC)c4)cc(c2O)Cc2cc(N=Nc4cccc(OC)c4)cc(c2O)Cc2cc(N=Nc4cccc(OC)c4)cc(c2O)Cc2cc(N=Nc4cccc(OC)c4)cc(c2O)Cc2cc(N=Nc4cccc(OC)c4)cc(c2O)C3)c1. The smallest absolute Gasteiger partial charge is 0.122 e. The third-order valence-electron chi connectivity index (χ3n) is 17.8. The monoisotopic (exact) mass is 1440 g/mol. The number of benzene rings is 12. The molecule has 6 N–H and O–H groups in total. The van der Waals surface area contributed by atoms with Crippen molar-refractivity contribution in [3.63, 3.8) is 0 Å². The molecule has 0 amide bonds. The number of rotatable bonds is 18. The third-order valence-corrected chi connectivity index (χ3v) is 17.8. The Bertz CT molecular complexity index is 4550. The number of nitrogens with zero attached hydrogens (tertiary/aromatic N) is 12. The molecule has 13 rings (SSSR count). The Morgan fingerprint density at radius 1 is 0.176 bits per heavy atom. The molecular formula is C84H72N12O12. The lowest BCUT2D eigenvalue weighted by Gasteiger charge is -2.18. The zero-order valence-electron chi connectivity index (χ0n) is 59.5. The van der Waals surface area contributed by atoms with Crippen LogP contribution in [0.5, 0.6) is 69.0 Å². The molecule has 0 radical (unpaired) electrons. The van der Waals surface area contributed by atoms with Crippen molar-refractivity contribution in [3.8, 4) is 69.0 Å². The largest absolute Gasteiger partial charge is 0.507 e. The van der Waals surface area contributed by atoms with Gasteiger partial charge < -0.3 is 59.1 Å². The van der Waals surface area contributed by atoms with E-state index in [1.807, 2.05) is 0 Å². The lowest BCUT2D eigenvalue weighted by Crippen LogP contribution is -2.01. The molecule has 12 bridgehead atoms. The van der Waals surface area contributed by atoms with Gasteiger partial charge in [-0.25, -0.2) is 0 Å². The maximum absolute atomic E-state index is 12.9. The van der Waals surface area contributed by atoms with Gasteiger partial charge in [0.1, 0.15) is 69.0 Å². The molecule has 24 heteroatoms. The fraction of sp³-hybridized carbons (Fsp3) is 0.143. The van der Waals surface area contributed by atoms with Gasteiger partial charge in [0.25, 0.3) is 0 Å². The number of fused-ring (bicyclic) bond motifs is 12. The second-order valence-corrected chi connectivity index (χ2v) is 25.1. The van der Waals surface area contributed by atoms with Crippen molar-refractivity contribution in [3.05, 3.63) is 285 Å². The highest BCUT2D eigenvalue weighted by atomic mass is 16.5. The summed E-state index contributed by atoms with van der Waals surface area (Å²) in [6, 6.07) is 61.9. The Kier molecular flexibility index (Phi) is 22.1.